The summed E-state index contributed by atoms with van der Waals surface area (Å²) in [6.45, 7) is 7.38. The van der Waals surface area contributed by atoms with E-state index in [0.29, 0.717) is 36.0 Å². The van der Waals surface area contributed by atoms with Gasteiger partial charge in [0.05, 0.1) is 12.2 Å². The highest BCUT2D eigenvalue weighted by Crippen LogP contribution is 2.65. The Kier molecular flexibility index (Phi) is 5.14. The van der Waals surface area contributed by atoms with Crippen molar-refractivity contribution < 1.29 is 9.59 Å². The van der Waals surface area contributed by atoms with E-state index in [1.807, 2.05) is 34.8 Å². The lowest BCUT2D eigenvalue weighted by Crippen LogP contribution is -2.58. The van der Waals surface area contributed by atoms with E-state index in [4.69, 9.17) is 0 Å². The fourth-order valence-corrected chi connectivity index (χ4v) is 8.71. The third-order valence-electron chi connectivity index (χ3n) is 10.2. The molecule has 0 radical (unpaired) electrons. The fraction of sp³-hybridized carbons (Fsp3) is 0.643. The molecule has 0 spiro atoms. The number of rotatable bonds is 3. The van der Waals surface area contributed by atoms with Crippen LogP contribution in [0.1, 0.15) is 71.4 Å². The van der Waals surface area contributed by atoms with Gasteiger partial charge in [0.2, 0.25) is 17.6 Å². The molecular formula is C28H37N5O2. The molecule has 2 aromatic rings. The van der Waals surface area contributed by atoms with Crippen molar-refractivity contribution in [3.63, 3.8) is 0 Å². The van der Waals surface area contributed by atoms with E-state index in [1.165, 1.54) is 43.4 Å². The van der Waals surface area contributed by atoms with E-state index in [2.05, 4.69) is 36.1 Å². The second-order valence-electron chi connectivity index (χ2n) is 12.1. The van der Waals surface area contributed by atoms with Gasteiger partial charge in [0.25, 0.3) is 0 Å². The lowest BCUT2D eigenvalue weighted by Gasteiger charge is -2.59. The van der Waals surface area contributed by atoms with Crippen LogP contribution >= 0.6 is 0 Å². The Labute approximate surface area is 207 Å². The molecule has 3 aliphatic carbocycles. The van der Waals surface area contributed by atoms with Crippen LogP contribution in [0.5, 0.6) is 0 Å². The van der Waals surface area contributed by atoms with Gasteiger partial charge >= 0.3 is 0 Å². The summed E-state index contributed by atoms with van der Waals surface area (Å²) in [6, 6.07) is 1.85. The SMILES string of the molecule is CC1=C2N(C)C(=O)C(C(=O)NCc3cn4cccnc4n3)C[C@]2(C)[C@@H]2CC[C@]3(C)CCC[C@H]3[C@@H]2C1. The summed E-state index contributed by atoms with van der Waals surface area (Å²) in [5.41, 5.74) is 3.62. The number of amides is 2. The van der Waals surface area contributed by atoms with Gasteiger partial charge in [-0.05, 0) is 74.7 Å². The highest BCUT2D eigenvalue weighted by atomic mass is 16.2. The summed E-state index contributed by atoms with van der Waals surface area (Å²) in [4.78, 5) is 37.4. The third kappa shape index (κ3) is 3.37. The van der Waals surface area contributed by atoms with Crippen LogP contribution in [0.25, 0.3) is 5.78 Å². The molecule has 7 heteroatoms. The summed E-state index contributed by atoms with van der Waals surface area (Å²) in [6.07, 6.45) is 13.7. The molecule has 2 saturated carbocycles. The van der Waals surface area contributed by atoms with Gasteiger partial charge in [0.15, 0.2) is 0 Å². The van der Waals surface area contributed by atoms with E-state index in [-0.39, 0.29) is 17.2 Å². The topological polar surface area (TPSA) is 79.6 Å². The molecule has 7 nitrogen and oxygen atoms in total. The van der Waals surface area contributed by atoms with Crippen molar-refractivity contribution in [2.75, 3.05) is 7.05 Å². The van der Waals surface area contributed by atoms with E-state index in [1.54, 1.807) is 6.20 Å². The van der Waals surface area contributed by atoms with Crippen molar-refractivity contribution >= 4 is 17.6 Å². The molecule has 0 aromatic carbocycles. The smallest absolute Gasteiger partial charge is 0.239 e. The lowest BCUT2D eigenvalue weighted by molar-refractivity contribution is -0.149. The number of piperidine rings is 1. The van der Waals surface area contributed by atoms with Crippen LogP contribution in [0, 0.1) is 34.5 Å². The highest BCUT2D eigenvalue weighted by molar-refractivity contribution is 6.01. The molecule has 35 heavy (non-hydrogen) atoms. The molecule has 2 amide bonds. The summed E-state index contributed by atoms with van der Waals surface area (Å²) >= 11 is 0. The molecule has 1 saturated heterocycles. The molecule has 1 N–H and O–H groups in total. The van der Waals surface area contributed by atoms with Crippen molar-refractivity contribution in [1.82, 2.24) is 24.6 Å². The normalized spacial score (nSPS) is 36.7. The summed E-state index contributed by atoms with van der Waals surface area (Å²) in [5.74, 6) is 1.65. The molecule has 1 aliphatic heterocycles. The maximum Gasteiger partial charge on any atom is 0.239 e. The maximum absolute atomic E-state index is 13.5. The van der Waals surface area contributed by atoms with Crippen molar-refractivity contribution in [3.05, 3.63) is 41.6 Å². The molecule has 3 heterocycles. The first kappa shape index (κ1) is 22.7. The van der Waals surface area contributed by atoms with E-state index < -0.39 is 5.92 Å². The largest absolute Gasteiger partial charge is 0.350 e. The molecule has 1 unspecified atom stereocenters. The van der Waals surface area contributed by atoms with Crippen LogP contribution in [-0.4, -0.2) is 38.1 Å². The molecule has 3 fully saturated rings. The average Bonchev–Trinajstić information content (AvgIpc) is 3.43. The van der Waals surface area contributed by atoms with Crippen LogP contribution in [0.15, 0.2) is 35.9 Å². The number of aromatic nitrogens is 3. The van der Waals surface area contributed by atoms with Gasteiger partial charge < -0.3 is 10.2 Å². The molecule has 4 aliphatic rings. The monoisotopic (exact) mass is 475 g/mol. The summed E-state index contributed by atoms with van der Waals surface area (Å²) in [7, 11) is 1.88. The number of nitrogens with one attached hydrogen (secondary N) is 1. The Bertz CT molecular complexity index is 1200. The van der Waals surface area contributed by atoms with Crippen LogP contribution in [0.2, 0.25) is 0 Å². The zero-order valence-corrected chi connectivity index (χ0v) is 21.4. The van der Waals surface area contributed by atoms with Crippen molar-refractivity contribution in [1.29, 1.82) is 0 Å². The van der Waals surface area contributed by atoms with Gasteiger partial charge in [0.1, 0.15) is 5.92 Å². The van der Waals surface area contributed by atoms with Gasteiger partial charge in [0, 0.05) is 36.8 Å². The first-order chi connectivity index (χ1) is 16.7. The van der Waals surface area contributed by atoms with Crippen LogP contribution in [-0.2, 0) is 16.1 Å². The van der Waals surface area contributed by atoms with Gasteiger partial charge in [-0.15, -0.1) is 0 Å². The van der Waals surface area contributed by atoms with Crippen molar-refractivity contribution in [3.8, 4) is 0 Å². The minimum atomic E-state index is -0.660. The van der Waals surface area contributed by atoms with Gasteiger partial charge in [-0.2, -0.15) is 0 Å². The predicted molar refractivity (Wildman–Crippen MR) is 133 cm³/mol. The number of hydrogen-bond acceptors (Lipinski definition) is 4. The minimum absolute atomic E-state index is 0.0778. The van der Waals surface area contributed by atoms with Gasteiger partial charge in [-0.25, -0.2) is 9.97 Å². The fourth-order valence-electron chi connectivity index (χ4n) is 8.71. The standard InChI is InChI=1S/C28H37N5O2/c1-17-13-19-21-7-5-9-27(21,2)10-8-22(19)28(3)14-20(25(35)32(4)23(17)28)24(34)30-15-18-16-33-12-6-11-29-26(33)31-18/h6,11-12,16,19-22H,5,7-10,13-15H2,1-4H3,(H,30,34)/t19-,20?,21-,22+,27-,28+/m0/s1. The quantitative estimate of drug-likeness (QED) is 0.670. The number of carbonyl (C=O) groups excluding carboxylic acids is 2. The van der Waals surface area contributed by atoms with Gasteiger partial charge in [-0.3, -0.25) is 14.0 Å². The van der Waals surface area contributed by atoms with E-state index in [0.717, 1.165) is 18.0 Å². The Balaban J connectivity index is 1.26. The number of carbonyl (C=O) groups is 2. The molecule has 2 aromatic heterocycles. The number of likely N-dealkylation sites (tertiary alicyclic amines) is 1. The molecule has 6 atom stereocenters. The Morgan fingerprint density at radius 2 is 2.06 bits per heavy atom. The van der Waals surface area contributed by atoms with Crippen LogP contribution in [0.4, 0.5) is 0 Å². The first-order valence-electron chi connectivity index (χ1n) is 13.3. The first-order valence-corrected chi connectivity index (χ1v) is 13.3. The second kappa shape index (κ2) is 7.90. The van der Waals surface area contributed by atoms with Crippen LogP contribution in [0.3, 0.4) is 0 Å². The maximum atomic E-state index is 13.5. The van der Waals surface area contributed by atoms with Gasteiger partial charge in [-0.1, -0.05) is 25.8 Å². The highest BCUT2D eigenvalue weighted by Gasteiger charge is 2.60. The predicted octanol–water partition coefficient (Wildman–Crippen LogP) is 4.34. The zero-order valence-electron chi connectivity index (χ0n) is 21.4. The number of nitrogens with zero attached hydrogens (tertiary/aromatic N) is 4. The number of fused-ring (bicyclic) bond motifs is 6. The Morgan fingerprint density at radius 3 is 2.86 bits per heavy atom. The minimum Gasteiger partial charge on any atom is -0.350 e. The second-order valence-corrected chi connectivity index (χ2v) is 12.1. The third-order valence-corrected chi connectivity index (χ3v) is 10.2. The van der Waals surface area contributed by atoms with E-state index >= 15 is 0 Å². The van der Waals surface area contributed by atoms with E-state index in [9.17, 15) is 9.59 Å². The number of allylic oxidation sites excluding steroid dienone is 2. The van der Waals surface area contributed by atoms with Crippen LogP contribution < -0.4 is 5.32 Å². The van der Waals surface area contributed by atoms with Crippen molar-refractivity contribution in [2.45, 2.75) is 72.3 Å². The van der Waals surface area contributed by atoms with Crippen molar-refractivity contribution in [2.24, 2.45) is 34.5 Å². The molecular weight excluding hydrogens is 438 g/mol. The zero-order chi connectivity index (χ0) is 24.5. The average molecular weight is 476 g/mol. The molecule has 0 bridgehead atoms. The Hall–Kier alpha value is -2.70. The lowest BCUT2D eigenvalue weighted by atomic mass is 9.48. The molecule has 6 rings (SSSR count). The molecule has 186 valence electrons. The Morgan fingerprint density at radius 1 is 1.23 bits per heavy atom. The summed E-state index contributed by atoms with van der Waals surface area (Å²) in [5, 5.41) is 3.01. The summed E-state index contributed by atoms with van der Waals surface area (Å²) < 4.78 is 1.84. The number of imidazole rings is 1. The number of hydrogen-bond donors (Lipinski definition) is 1.